The lowest BCUT2D eigenvalue weighted by molar-refractivity contribution is 0.579. The largest absolute Gasteiger partial charge is 0.399 e. The zero-order valence-corrected chi connectivity index (χ0v) is 11.9. The van der Waals surface area contributed by atoms with Crippen molar-refractivity contribution >= 4 is 15.7 Å². The summed E-state index contributed by atoms with van der Waals surface area (Å²) in [6, 6.07) is 16.2. The molecule has 2 aromatic rings. The number of rotatable bonds is 6. The van der Waals surface area contributed by atoms with Crippen molar-refractivity contribution in [2.75, 3.05) is 12.3 Å². The van der Waals surface area contributed by atoms with Gasteiger partial charge in [-0.25, -0.2) is 13.1 Å². The molecule has 0 unspecified atom stereocenters. The number of sulfonamides is 1. The predicted molar refractivity (Wildman–Crippen MR) is 80.8 cm³/mol. The summed E-state index contributed by atoms with van der Waals surface area (Å²) in [5.74, 6) is 0. The first-order valence-corrected chi connectivity index (χ1v) is 7.95. The Morgan fingerprint density at radius 3 is 2.25 bits per heavy atom. The molecule has 106 valence electrons. The van der Waals surface area contributed by atoms with Crippen LogP contribution in [0.25, 0.3) is 0 Å². The molecule has 5 heteroatoms. The van der Waals surface area contributed by atoms with Gasteiger partial charge in [0.1, 0.15) is 0 Å². The molecule has 0 saturated carbocycles. The fourth-order valence-corrected chi connectivity index (χ4v) is 2.95. The van der Waals surface area contributed by atoms with Crippen LogP contribution < -0.4 is 10.5 Å². The summed E-state index contributed by atoms with van der Waals surface area (Å²) in [5, 5.41) is 0. The van der Waals surface area contributed by atoms with E-state index in [0.29, 0.717) is 12.2 Å². The third-order valence-corrected chi connectivity index (χ3v) is 4.44. The molecule has 0 aliphatic rings. The van der Waals surface area contributed by atoms with Crippen LogP contribution in [0.1, 0.15) is 12.0 Å². The van der Waals surface area contributed by atoms with Crippen molar-refractivity contribution in [3.63, 3.8) is 0 Å². The Labute approximate surface area is 119 Å². The molecule has 0 amide bonds. The highest BCUT2D eigenvalue weighted by atomic mass is 32.2. The third-order valence-electron chi connectivity index (χ3n) is 2.97. The molecule has 2 rings (SSSR count). The van der Waals surface area contributed by atoms with Gasteiger partial charge < -0.3 is 5.73 Å². The number of nitrogens with two attached hydrogens (primary N) is 1. The van der Waals surface area contributed by atoms with Crippen LogP contribution in [0.4, 0.5) is 5.69 Å². The second-order valence-electron chi connectivity index (χ2n) is 4.56. The van der Waals surface area contributed by atoms with Crippen LogP contribution >= 0.6 is 0 Å². The van der Waals surface area contributed by atoms with Crippen LogP contribution in [-0.2, 0) is 16.4 Å². The molecule has 0 spiro atoms. The summed E-state index contributed by atoms with van der Waals surface area (Å²) in [5.41, 5.74) is 7.30. The smallest absolute Gasteiger partial charge is 0.240 e. The number of hydrogen-bond donors (Lipinski definition) is 2. The lowest BCUT2D eigenvalue weighted by atomic mass is 10.1. The molecular formula is C15H18N2O2S. The maximum absolute atomic E-state index is 12.0. The van der Waals surface area contributed by atoms with Gasteiger partial charge in [-0.2, -0.15) is 0 Å². The van der Waals surface area contributed by atoms with Crippen LogP contribution in [0.3, 0.4) is 0 Å². The fraction of sp³-hybridized carbons (Fsp3) is 0.200. The van der Waals surface area contributed by atoms with Crippen LogP contribution in [0.2, 0.25) is 0 Å². The Kier molecular flexibility index (Phi) is 4.76. The lowest BCUT2D eigenvalue weighted by Crippen LogP contribution is -2.25. The summed E-state index contributed by atoms with van der Waals surface area (Å²) in [4.78, 5) is 0.242. The van der Waals surface area contributed by atoms with Crippen molar-refractivity contribution in [3.05, 3.63) is 60.2 Å². The minimum Gasteiger partial charge on any atom is -0.399 e. The quantitative estimate of drug-likeness (QED) is 0.632. The highest BCUT2D eigenvalue weighted by Gasteiger charge is 2.12. The van der Waals surface area contributed by atoms with Crippen molar-refractivity contribution < 1.29 is 8.42 Å². The average molecular weight is 290 g/mol. The van der Waals surface area contributed by atoms with Crippen molar-refractivity contribution in [2.45, 2.75) is 17.7 Å². The van der Waals surface area contributed by atoms with E-state index in [1.54, 1.807) is 12.1 Å². The molecule has 0 atom stereocenters. The summed E-state index contributed by atoms with van der Waals surface area (Å²) >= 11 is 0. The molecule has 4 nitrogen and oxygen atoms in total. The molecule has 20 heavy (non-hydrogen) atoms. The van der Waals surface area contributed by atoms with Gasteiger partial charge in [0.15, 0.2) is 0 Å². The highest BCUT2D eigenvalue weighted by Crippen LogP contribution is 2.11. The van der Waals surface area contributed by atoms with Crippen molar-refractivity contribution in [1.82, 2.24) is 4.72 Å². The molecule has 0 saturated heterocycles. The van der Waals surface area contributed by atoms with Gasteiger partial charge in [-0.05, 0) is 42.7 Å². The summed E-state index contributed by atoms with van der Waals surface area (Å²) in [6.45, 7) is 0.418. The summed E-state index contributed by atoms with van der Waals surface area (Å²) in [7, 11) is -3.44. The number of nitrogens with one attached hydrogen (secondary N) is 1. The number of anilines is 1. The van der Waals surface area contributed by atoms with E-state index in [0.717, 1.165) is 12.8 Å². The standard InChI is InChI=1S/C15H18N2O2S/c16-14-8-10-15(11-9-14)20(18,19)17-12-4-7-13-5-2-1-3-6-13/h1-3,5-6,8-11,17H,4,7,12,16H2. The number of benzene rings is 2. The van der Waals surface area contributed by atoms with Gasteiger partial charge in [0.05, 0.1) is 4.90 Å². The van der Waals surface area contributed by atoms with E-state index in [9.17, 15) is 8.42 Å². The molecule has 0 bridgehead atoms. The molecule has 0 aromatic heterocycles. The van der Waals surface area contributed by atoms with E-state index in [2.05, 4.69) is 4.72 Å². The van der Waals surface area contributed by atoms with Crippen LogP contribution in [0.15, 0.2) is 59.5 Å². The van der Waals surface area contributed by atoms with E-state index in [-0.39, 0.29) is 4.90 Å². The number of hydrogen-bond acceptors (Lipinski definition) is 3. The average Bonchev–Trinajstić information content (AvgIpc) is 2.45. The van der Waals surface area contributed by atoms with Gasteiger partial charge in [-0.3, -0.25) is 0 Å². The van der Waals surface area contributed by atoms with Crippen LogP contribution in [-0.4, -0.2) is 15.0 Å². The zero-order chi connectivity index (χ0) is 14.4. The van der Waals surface area contributed by atoms with Crippen LogP contribution in [0, 0.1) is 0 Å². The fourth-order valence-electron chi connectivity index (χ4n) is 1.87. The van der Waals surface area contributed by atoms with Crippen LogP contribution in [0.5, 0.6) is 0 Å². The first kappa shape index (κ1) is 14.6. The van der Waals surface area contributed by atoms with Gasteiger partial charge in [0.25, 0.3) is 0 Å². The van der Waals surface area contributed by atoms with E-state index < -0.39 is 10.0 Å². The second-order valence-corrected chi connectivity index (χ2v) is 6.32. The number of aryl methyl sites for hydroxylation is 1. The minimum atomic E-state index is -3.44. The van der Waals surface area contributed by atoms with E-state index in [4.69, 9.17) is 5.73 Å². The SMILES string of the molecule is Nc1ccc(S(=O)(=O)NCCCc2ccccc2)cc1. The first-order valence-electron chi connectivity index (χ1n) is 6.47. The monoisotopic (exact) mass is 290 g/mol. The Morgan fingerprint density at radius 2 is 1.60 bits per heavy atom. The van der Waals surface area contributed by atoms with E-state index in [1.807, 2.05) is 30.3 Å². The normalized spacial score (nSPS) is 11.4. The zero-order valence-electron chi connectivity index (χ0n) is 11.1. The molecular weight excluding hydrogens is 272 g/mol. The van der Waals surface area contributed by atoms with Crippen molar-refractivity contribution in [3.8, 4) is 0 Å². The number of nitrogen functional groups attached to an aromatic ring is 1. The summed E-state index contributed by atoms with van der Waals surface area (Å²) < 4.78 is 26.6. The van der Waals surface area contributed by atoms with E-state index in [1.165, 1.54) is 17.7 Å². The maximum Gasteiger partial charge on any atom is 0.240 e. The predicted octanol–water partition coefficient (Wildman–Crippen LogP) is 2.18. The molecule has 3 N–H and O–H groups in total. The molecule has 0 fully saturated rings. The third kappa shape index (κ3) is 4.08. The van der Waals surface area contributed by atoms with Gasteiger partial charge in [-0.1, -0.05) is 30.3 Å². The van der Waals surface area contributed by atoms with Crippen molar-refractivity contribution in [2.24, 2.45) is 0 Å². The van der Waals surface area contributed by atoms with Gasteiger partial charge in [0, 0.05) is 12.2 Å². The first-order chi connectivity index (χ1) is 9.58. The highest BCUT2D eigenvalue weighted by molar-refractivity contribution is 7.89. The Morgan fingerprint density at radius 1 is 0.950 bits per heavy atom. The van der Waals surface area contributed by atoms with Crippen molar-refractivity contribution in [1.29, 1.82) is 0 Å². The molecule has 0 radical (unpaired) electrons. The van der Waals surface area contributed by atoms with Gasteiger partial charge in [-0.15, -0.1) is 0 Å². The minimum absolute atomic E-state index is 0.242. The molecule has 0 aliphatic heterocycles. The second kappa shape index (κ2) is 6.54. The van der Waals surface area contributed by atoms with E-state index >= 15 is 0 Å². The topological polar surface area (TPSA) is 72.2 Å². The Bertz CT molecular complexity index is 637. The lowest BCUT2D eigenvalue weighted by Gasteiger charge is -2.07. The summed E-state index contributed by atoms with van der Waals surface area (Å²) in [6.07, 6.45) is 1.61. The molecule has 0 aliphatic carbocycles. The van der Waals surface area contributed by atoms with Gasteiger partial charge >= 0.3 is 0 Å². The van der Waals surface area contributed by atoms with Gasteiger partial charge in [0.2, 0.25) is 10.0 Å². The maximum atomic E-state index is 12.0. The molecule has 0 heterocycles. The molecule has 2 aromatic carbocycles. The Hall–Kier alpha value is -1.85. The Balaban J connectivity index is 1.85.